The largest absolute Gasteiger partial charge is 0.508 e. The lowest BCUT2D eigenvalue weighted by Crippen LogP contribution is -2.26. The van der Waals surface area contributed by atoms with Crippen molar-refractivity contribution in [1.82, 2.24) is 29.5 Å². The first-order valence-corrected chi connectivity index (χ1v) is 9.40. The van der Waals surface area contributed by atoms with Gasteiger partial charge in [-0.1, -0.05) is 17.3 Å². The van der Waals surface area contributed by atoms with Crippen LogP contribution in [0.1, 0.15) is 35.7 Å². The third-order valence-electron chi connectivity index (χ3n) is 5.28. The highest BCUT2D eigenvalue weighted by Gasteiger charge is 2.31. The molecular formula is C19H19N7O4. The fourth-order valence-corrected chi connectivity index (χ4v) is 3.69. The van der Waals surface area contributed by atoms with Crippen LogP contribution in [0.4, 0.5) is 5.95 Å². The number of hydrogen-bond donors (Lipinski definition) is 2. The van der Waals surface area contributed by atoms with Crippen LogP contribution >= 0.6 is 0 Å². The molecule has 2 atom stereocenters. The number of rotatable bonds is 4. The van der Waals surface area contributed by atoms with Crippen LogP contribution < -0.4 is 11.3 Å². The maximum Gasteiger partial charge on any atom is 0.281 e. The Labute approximate surface area is 169 Å². The molecule has 154 valence electrons. The Hall–Kier alpha value is -3.73. The van der Waals surface area contributed by atoms with E-state index in [0.29, 0.717) is 29.9 Å². The van der Waals surface area contributed by atoms with Crippen molar-refractivity contribution in [3.63, 3.8) is 0 Å². The van der Waals surface area contributed by atoms with E-state index in [2.05, 4.69) is 20.2 Å². The molecule has 11 heteroatoms. The first-order chi connectivity index (χ1) is 14.5. The second-order valence-electron chi connectivity index (χ2n) is 7.26. The van der Waals surface area contributed by atoms with Crippen LogP contribution in [0.15, 0.2) is 39.8 Å². The Kier molecular flexibility index (Phi) is 4.24. The maximum absolute atomic E-state index is 12.8. The highest BCUT2D eigenvalue weighted by Crippen LogP contribution is 2.37. The summed E-state index contributed by atoms with van der Waals surface area (Å²) in [6, 6.07) is 6.93. The van der Waals surface area contributed by atoms with E-state index in [0.717, 1.165) is 5.56 Å². The summed E-state index contributed by atoms with van der Waals surface area (Å²) in [6.07, 6.45) is 2.08. The molecule has 1 saturated heterocycles. The van der Waals surface area contributed by atoms with E-state index in [1.807, 2.05) is 12.1 Å². The number of nitrogens with two attached hydrogens (primary N) is 1. The molecule has 0 spiro atoms. The SMILES string of the molecule is Cn1ncc2nc(N)n(Cc3nc([C@@H]4CO[C@@H](c5ccc(O)cc5)C4)no3)c(=O)c21. The molecule has 1 fully saturated rings. The summed E-state index contributed by atoms with van der Waals surface area (Å²) in [5.41, 5.74) is 7.40. The molecule has 0 saturated carbocycles. The van der Waals surface area contributed by atoms with Gasteiger partial charge in [0.05, 0.1) is 18.9 Å². The van der Waals surface area contributed by atoms with E-state index in [1.165, 1.54) is 15.4 Å². The fraction of sp³-hybridized carbons (Fsp3) is 0.316. The molecule has 1 aliphatic heterocycles. The molecule has 0 radical (unpaired) electrons. The molecule has 11 nitrogen and oxygen atoms in total. The lowest BCUT2D eigenvalue weighted by molar-refractivity contribution is 0.110. The number of ether oxygens (including phenoxy) is 1. The van der Waals surface area contributed by atoms with E-state index >= 15 is 0 Å². The third-order valence-corrected chi connectivity index (χ3v) is 5.28. The van der Waals surface area contributed by atoms with Gasteiger partial charge in [-0.2, -0.15) is 10.1 Å². The third kappa shape index (κ3) is 3.08. The Balaban J connectivity index is 1.35. The molecule has 3 aromatic heterocycles. The second kappa shape index (κ2) is 6.95. The van der Waals surface area contributed by atoms with Crippen LogP contribution in [-0.2, 0) is 18.3 Å². The maximum atomic E-state index is 12.8. The zero-order valence-electron chi connectivity index (χ0n) is 16.1. The molecule has 4 aromatic rings. The monoisotopic (exact) mass is 409 g/mol. The number of fused-ring (bicyclic) bond motifs is 1. The number of nitrogen functional groups attached to an aromatic ring is 1. The molecular weight excluding hydrogens is 390 g/mol. The average molecular weight is 409 g/mol. The van der Waals surface area contributed by atoms with Crippen LogP contribution in [0.3, 0.4) is 0 Å². The fourth-order valence-electron chi connectivity index (χ4n) is 3.69. The molecule has 0 unspecified atom stereocenters. The summed E-state index contributed by atoms with van der Waals surface area (Å²) in [4.78, 5) is 21.4. The normalized spacial score (nSPS) is 19.0. The summed E-state index contributed by atoms with van der Waals surface area (Å²) < 4.78 is 14.0. The van der Waals surface area contributed by atoms with Gasteiger partial charge in [0.1, 0.15) is 17.8 Å². The van der Waals surface area contributed by atoms with Crippen molar-refractivity contribution in [3.05, 3.63) is 58.1 Å². The standard InChI is InChI=1S/C19H19N7O4/c1-25-16-13(7-21-25)22-19(20)26(18(16)28)8-15-23-17(24-30-15)11-6-14(29-9-11)10-2-4-12(27)5-3-10/h2-5,7,11,14,27H,6,8-9H2,1H3,(H2,20,22)/t11-,14+/m0/s1. The quantitative estimate of drug-likeness (QED) is 0.505. The number of aromatic nitrogens is 6. The van der Waals surface area contributed by atoms with E-state index < -0.39 is 0 Å². The first-order valence-electron chi connectivity index (χ1n) is 9.40. The molecule has 0 bridgehead atoms. The molecule has 30 heavy (non-hydrogen) atoms. The lowest BCUT2D eigenvalue weighted by Gasteiger charge is -2.09. The van der Waals surface area contributed by atoms with Crippen LogP contribution in [0, 0.1) is 0 Å². The Morgan fingerprint density at radius 3 is 2.87 bits per heavy atom. The molecule has 1 aliphatic rings. The summed E-state index contributed by atoms with van der Waals surface area (Å²) >= 11 is 0. The molecule has 4 heterocycles. The molecule has 0 aliphatic carbocycles. The predicted molar refractivity (Wildman–Crippen MR) is 105 cm³/mol. The Bertz CT molecular complexity index is 1270. The molecule has 5 rings (SSSR count). The van der Waals surface area contributed by atoms with E-state index in [9.17, 15) is 9.90 Å². The Morgan fingerprint density at radius 1 is 1.27 bits per heavy atom. The minimum Gasteiger partial charge on any atom is -0.508 e. The smallest absolute Gasteiger partial charge is 0.281 e. The van der Waals surface area contributed by atoms with Crippen molar-refractivity contribution in [1.29, 1.82) is 0 Å². The van der Waals surface area contributed by atoms with Crippen molar-refractivity contribution < 1.29 is 14.4 Å². The van der Waals surface area contributed by atoms with Gasteiger partial charge in [0.15, 0.2) is 11.3 Å². The van der Waals surface area contributed by atoms with Crippen molar-refractivity contribution in [2.75, 3.05) is 12.3 Å². The van der Waals surface area contributed by atoms with Gasteiger partial charge in [-0.3, -0.25) is 14.0 Å². The van der Waals surface area contributed by atoms with Crippen molar-refractivity contribution >= 4 is 17.0 Å². The molecule has 1 aromatic carbocycles. The van der Waals surface area contributed by atoms with Gasteiger partial charge in [-0.05, 0) is 24.1 Å². The number of benzene rings is 1. The number of phenolic OH excluding ortho intramolecular Hbond substituents is 1. The summed E-state index contributed by atoms with van der Waals surface area (Å²) in [5, 5.41) is 17.5. The van der Waals surface area contributed by atoms with Crippen molar-refractivity contribution in [2.24, 2.45) is 7.05 Å². The number of anilines is 1. The van der Waals surface area contributed by atoms with E-state index in [1.54, 1.807) is 19.2 Å². The van der Waals surface area contributed by atoms with Crippen molar-refractivity contribution in [2.45, 2.75) is 25.0 Å². The first kappa shape index (κ1) is 18.3. The number of aryl methyl sites for hydroxylation is 1. The lowest BCUT2D eigenvalue weighted by atomic mass is 10.00. The van der Waals surface area contributed by atoms with Gasteiger partial charge in [-0.25, -0.2) is 4.98 Å². The summed E-state index contributed by atoms with van der Waals surface area (Å²) in [6.45, 7) is 0.468. The number of phenols is 1. The minimum atomic E-state index is -0.325. The van der Waals surface area contributed by atoms with Gasteiger partial charge in [-0.15, -0.1) is 0 Å². The second-order valence-corrected chi connectivity index (χ2v) is 7.26. The van der Waals surface area contributed by atoms with E-state index in [-0.39, 0.29) is 41.7 Å². The number of hydrogen-bond acceptors (Lipinski definition) is 9. The van der Waals surface area contributed by atoms with Gasteiger partial charge >= 0.3 is 0 Å². The highest BCUT2D eigenvalue weighted by molar-refractivity contribution is 5.74. The number of nitrogens with zero attached hydrogens (tertiary/aromatic N) is 6. The van der Waals surface area contributed by atoms with E-state index in [4.69, 9.17) is 15.0 Å². The predicted octanol–water partition coefficient (Wildman–Crippen LogP) is 1.09. The zero-order chi connectivity index (χ0) is 20.8. The van der Waals surface area contributed by atoms with Crippen LogP contribution in [0.5, 0.6) is 5.75 Å². The summed E-state index contributed by atoms with van der Waals surface area (Å²) in [5.74, 6) is 1.01. The van der Waals surface area contributed by atoms with Crippen molar-refractivity contribution in [3.8, 4) is 5.75 Å². The minimum absolute atomic E-state index is 0.0146. The summed E-state index contributed by atoms with van der Waals surface area (Å²) in [7, 11) is 1.67. The van der Waals surface area contributed by atoms with Gasteiger partial charge in [0.2, 0.25) is 11.8 Å². The van der Waals surface area contributed by atoms with Gasteiger partial charge in [0.25, 0.3) is 5.56 Å². The van der Waals surface area contributed by atoms with Gasteiger partial charge < -0.3 is 20.1 Å². The highest BCUT2D eigenvalue weighted by atomic mass is 16.5. The molecule has 0 amide bonds. The average Bonchev–Trinajstić information content (AvgIpc) is 3.46. The molecule has 3 N–H and O–H groups in total. The van der Waals surface area contributed by atoms with Gasteiger partial charge in [0, 0.05) is 13.0 Å². The van der Waals surface area contributed by atoms with Crippen LogP contribution in [0.2, 0.25) is 0 Å². The zero-order valence-corrected chi connectivity index (χ0v) is 16.1. The van der Waals surface area contributed by atoms with Crippen LogP contribution in [0.25, 0.3) is 11.0 Å². The Morgan fingerprint density at radius 2 is 2.07 bits per heavy atom. The van der Waals surface area contributed by atoms with Crippen LogP contribution in [-0.4, -0.2) is 41.2 Å². The topological polar surface area (TPSA) is 147 Å². The number of aromatic hydroxyl groups is 1.